The number of hydrogen-bond acceptors (Lipinski definition) is 0. The topological polar surface area (TPSA) is 0 Å². The van der Waals surface area contributed by atoms with Gasteiger partial charge in [0.05, 0.1) is 24.6 Å². The Morgan fingerprint density at radius 3 is 1.04 bits per heavy atom. The Morgan fingerprint density at radius 1 is 0.375 bits per heavy atom. The van der Waals surface area contributed by atoms with Crippen LogP contribution in [0.15, 0.2) is 0 Å². The summed E-state index contributed by atoms with van der Waals surface area (Å²) in [7, 11) is -0.618. The zero-order chi connectivity index (χ0) is 17.9. The Hall–Kier alpha value is 0.430. The molecule has 0 aromatic rings. The molecule has 0 nitrogen and oxygen atoms in total. The van der Waals surface area contributed by atoms with Gasteiger partial charge in [0.2, 0.25) is 0 Å². The molecule has 0 saturated carbocycles. The van der Waals surface area contributed by atoms with Gasteiger partial charge in [-0.1, -0.05) is 85.0 Å². The molecule has 0 heterocycles. The summed E-state index contributed by atoms with van der Waals surface area (Å²) >= 11 is 0. The maximum atomic E-state index is 2.52. The van der Waals surface area contributed by atoms with Gasteiger partial charge in [-0.05, 0) is 39.0 Å². The van der Waals surface area contributed by atoms with E-state index in [0.29, 0.717) is 0 Å². The highest BCUT2D eigenvalue weighted by atomic mass is 31.2. The molecule has 0 atom stereocenters. The maximum absolute atomic E-state index is 2.52. The van der Waals surface area contributed by atoms with Crippen molar-refractivity contribution in [3.63, 3.8) is 0 Å². The van der Waals surface area contributed by atoms with Crippen LogP contribution in [0.1, 0.15) is 124 Å². The molecule has 0 unspecified atom stereocenters. The van der Waals surface area contributed by atoms with Crippen molar-refractivity contribution in [1.82, 2.24) is 0 Å². The van der Waals surface area contributed by atoms with Crippen LogP contribution in [-0.2, 0) is 0 Å². The molecule has 0 aliphatic carbocycles. The molecule has 0 aromatic carbocycles. The van der Waals surface area contributed by atoms with E-state index in [1.54, 1.807) is 18.5 Å². The molecule has 0 aromatic heterocycles. The summed E-state index contributed by atoms with van der Waals surface area (Å²) < 4.78 is 0. The van der Waals surface area contributed by atoms with E-state index in [2.05, 4.69) is 27.7 Å². The number of unbranched alkanes of at least 4 members (excludes halogenated alkanes) is 12. The second-order valence-corrected chi connectivity index (χ2v) is 12.7. The highest BCUT2D eigenvalue weighted by molar-refractivity contribution is 7.75. The van der Waals surface area contributed by atoms with Crippen LogP contribution < -0.4 is 0 Å². The normalized spacial score (nSPS) is 12.0. The highest BCUT2D eigenvalue weighted by Gasteiger charge is 2.33. The van der Waals surface area contributed by atoms with E-state index in [4.69, 9.17) is 0 Å². The Kier molecular flexibility index (Phi) is 18.6. The molecule has 24 heavy (non-hydrogen) atoms. The molecule has 0 rings (SSSR count). The van der Waals surface area contributed by atoms with E-state index >= 15 is 0 Å². The third-order valence-electron chi connectivity index (χ3n) is 5.88. The molecule has 0 aliphatic heterocycles. The highest BCUT2D eigenvalue weighted by Crippen LogP contribution is 2.60. The van der Waals surface area contributed by atoms with Crippen LogP contribution in [0, 0.1) is 0 Å². The Morgan fingerprint density at radius 2 is 0.667 bits per heavy atom. The summed E-state index contributed by atoms with van der Waals surface area (Å²) in [5.41, 5.74) is 0. The predicted octanol–water partition coefficient (Wildman–Crippen LogP) is 8.94. The van der Waals surface area contributed by atoms with Gasteiger partial charge in [-0.2, -0.15) is 0 Å². The van der Waals surface area contributed by atoms with Crippen LogP contribution in [0.25, 0.3) is 0 Å². The third-order valence-corrected chi connectivity index (χ3v) is 11.0. The minimum atomic E-state index is -0.618. The molecule has 0 bridgehead atoms. The summed E-state index contributed by atoms with van der Waals surface area (Å²) in [5.74, 6) is 0. The second-order valence-electron chi connectivity index (χ2n) is 8.07. The molecule has 0 aliphatic rings. The molecule has 0 N–H and O–H groups in total. The smallest absolute Gasteiger partial charge is 0.0594 e. The minimum Gasteiger partial charge on any atom is -0.0654 e. The molecule has 0 amide bonds. The lowest BCUT2D eigenvalue weighted by atomic mass is 10.1. The zero-order valence-corrected chi connectivity index (χ0v) is 18.8. The van der Waals surface area contributed by atoms with Gasteiger partial charge in [0.25, 0.3) is 0 Å². The van der Waals surface area contributed by atoms with Crippen LogP contribution in [0.5, 0.6) is 0 Å². The van der Waals surface area contributed by atoms with Gasteiger partial charge in [-0.15, -0.1) is 0 Å². The van der Waals surface area contributed by atoms with Gasteiger partial charge in [0.1, 0.15) is 0 Å². The Balaban J connectivity index is 4.14. The van der Waals surface area contributed by atoms with E-state index in [-0.39, 0.29) is 0 Å². The molecular weight excluding hydrogens is 307 g/mol. The maximum Gasteiger partial charge on any atom is 0.0594 e. The Labute approximate surface area is 156 Å². The van der Waals surface area contributed by atoms with Crippen LogP contribution in [-0.4, -0.2) is 24.6 Å². The second kappa shape index (κ2) is 18.2. The molecule has 1 heteroatoms. The van der Waals surface area contributed by atoms with E-state index in [1.165, 1.54) is 102 Å². The first-order valence-electron chi connectivity index (χ1n) is 11.6. The van der Waals surface area contributed by atoms with E-state index in [1.807, 2.05) is 0 Å². The molecule has 0 saturated heterocycles. The zero-order valence-electron chi connectivity index (χ0n) is 17.9. The molecule has 0 spiro atoms. The van der Waals surface area contributed by atoms with E-state index < -0.39 is 7.26 Å². The largest absolute Gasteiger partial charge is 0.0654 e. The fraction of sp³-hybridized carbons (Fsp3) is 1.00. The first-order chi connectivity index (χ1) is 11.7. The standard InChI is InChI=1S/C23H50P/c1-5-9-12-14-16-19-22-24(8-4,21-18-11-7-3)23-20-17-15-13-10-6-2/h5-23H2,1-4H3/q+1. The molecule has 146 valence electrons. The molecule has 0 fully saturated rings. The first kappa shape index (κ1) is 24.4. The van der Waals surface area contributed by atoms with Gasteiger partial charge in [-0.25, -0.2) is 0 Å². The number of hydrogen-bond donors (Lipinski definition) is 0. The minimum absolute atomic E-state index is 0.618. The van der Waals surface area contributed by atoms with Crippen molar-refractivity contribution in [3.05, 3.63) is 0 Å². The quantitative estimate of drug-likeness (QED) is 0.160. The van der Waals surface area contributed by atoms with Crippen molar-refractivity contribution >= 4 is 7.26 Å². The SMILES string of the molecule is CCCCCCCC[P+](CC)(CCCCC)CCCCCCCC. The van der Waals surface area contributed by atoms with E-state index in [9.17, 15) is 0 Å². The van der Waals surface area contributed by atoms with Crippen molar-refractivity contribution in [2.24, 2.45) is 0 Å². The van der Waals surface area contributed by atoms with Crippen LogP contribution in [0.2, 0.25) is 0 Å². The van der Waals surface area contributed by atoms with Crippen LogP contribution >= 0.6 is 7.26 Å². The van der Waals surface area contributed by atoms with Crippen molar-refractivity contribution in [1.29, 1.82) is 0 Å². The van der Waals surface area contributed by atoms with Crippen molar-refractivity contribution in [2.45, 2.75) is 124 Å². The molecular formula is C23H50P+. The lowest BCUT2D eigenvalue weighted by Gasteiger charge is -2.27. The van der Waals surface area contributed by atoms with Crippen molar-refractivity contribution < 1.29 is 0 Å². The van der Waals surface area contributed by atoms with E-state index in [0.717, 1.165) is 0 Å². The fourth-order valence-electron chi connectivity index (χ4n) is 3.96. The van der Waals surface area contributed by atoms with Gasteiger partial charge in [0.15, 0.2) is 0 Å². The summed E-state index contributed by atoms with van der Waals surface area (Å²) in [4.78, 5) is 0. The van der Waals surface area contributed by atoms with Gasteiger partial charge in [-0.3, -0.25) is 0 Å². The van der Waals surface area contributed by atoms with Crippen molar-refractivity contribution in [2.75, 3.05) is 24.6 Å². The van der Waals surface area contributed by atoms with Crippen molar-refractivity contribution in [3.8, 4) is 0 Å². The predicted molar refractivity (Wildman–Crippen MR) is 118 cm³/mol. The summed E-state index contributed by atoms with van der Waals surface area (Å²) in [5, 5.41) is 0. The van der Waals surface area contributed by atoms with Crippen LogP contribution in [0.4, 0.5) is 0 Å². The lowest BCUT2D eigenvalue weighted by molar-refractivity contribution is 0.620. The average molecular weight is 358 g/mol. The molecule has 0 radical (unpaired) electrons. The summed E-state index contributed by atoms with van der Waals surface area (Å²) in [6, 6.07) is 0. The monoisotopic (exact) mass is 357 g/mol. The summed E-state index contributed by atoms with van der Waals surface area (Å²) in [6.45, 7) is 9.52. The fourth-order valence-corrected chi connectivity index (χ4v) is 8.26. The summed E-state index contributed by atoms with van der Waals surface area (Å²) in [6.07, 6.45) is 28.4. The first-order valence-corrected chi connectivity index (χ1v) is 14.1. The Bertz CT molecular complexity index is 220. The number of rotatable bonds is 19. The van der Waals surface area contributed by atoms with Gasteiger partial charge in [0, 0.05) is 7.26 Å². The average Bonchev–Trinajstić information content (AvgIpc) is 2.60. The lowest BCUT2D eigenvalue weighted by Crippen LogP contribution is -2.11. The van der Waals surface area contributed by atoms with Crippen LogP contribution in [0.3, 0.4) is 0 Å². The third kappa shape index (κ3) is 13.7. The van der Waals surface area contributed by atoms with Gasteiger partial charge >= 0.3 is 0 Å². The van der Waals surface area contributed by atoms with Gasteiger partial charge < -0.3 is 0 Å².